The average molecular weight is 258 g/mol. The first-order chi connectivity index (χ1) is 8.77. The van der Waals surface area contributed by atoms with E-state index in [-0.39, 0.29) is 0 Å². The van der Waals surface area contributed by atoms with Crippen LogP contribution in [0.3, 0.4) is 0 Å². The molecule has 1 atom stereocenters. The summed E-state index contributed by atoms with van der Waals surface area (Å²) in [6.45, 7) is 7.97. The van der Waals surface area contributed by atoms with Gasteiger partial charge in [-0.15, -0.1) is 0 Å². The third-order valence-electron chi connectivity index (χ3n) is 3.97. The summed E-state index contributed by atoms with van der Waals surface area (Å²) in [5.41, 5.74) is 6.84. The van der Waals surface area contributed by atoms with Crippen molar-refractivity contribution in [2.75, 3.05) is 0 Å². The van der Waals surface area contributed by atoms with Crippen LogP contribution in [0, 0.1) is 11.3 Å². The Bertz CT molecular complexity index is 506. The highest BCUT2D eigenvalue weighted by Gasteiger charge is 2.53. The van der Waals surface area contributed by atoms with Crippen molar-refractivity contribution in [2.45, 2.75) is 44.8 Å². The molecule has 1 aliphatic rings. The highest BCUT2D eigenvalue weighted by Crippen LogP contribution is 2.39. The molecule has 0 aliphatic carbocycles. The summed E-state index contributed by atoms with van der Waals surface area (Å²) in [7, 11) is -0.501. The summed E-state index contributed by atoms with van der Waals surface area (Å²) in [5, 5.41) is 8.92. The summed E-state index contributed by atoms with van der Waals surface area (Å²) >= 11 is 0. The molecular formula is C14H19BN2O2. The third-order valence-corrected chi connectivity index (χ3v) is 3.97. The van der Waals surface area contributed by atoms with Gasteiger partial charge in [0.2, 0.25) is 0 Å². The Kier molecular flexibility index (Phi) is 3.44. The molecule has 4 nitrogen and oxygen atoms in total. The van der Waals surface area contributed by atoms with E-state index in [0.29, 0.717) is 5.56 Å². The van der Waals surface area contributed by atoms with Gasteiger partial charge in [0.25, 0.3) is 0 Å². The molecule has 2 rings (SSSR count). The maximum absolute atomic E-state index is 8.92. The summed E-state index contributed by atoms with van der Waals surface area (Å²) in [6, 6.07) is 9.34. The average Bonchev–Trinajstić information content (AvgIpc) is 2.57. The van der Waals surface area contributed by atoms with E-state index in [4.69, 9.17) is 20.3 Å². The van der Waals surface area contributed by atoms with Crippen LogP contribution in [0.2, 0.25) is 0 Å². The van der Waals surface area contributed by atoms with Gasteiger partial charge in [-0.3, -0.25) is 0 Å². The molecule has 0 radical (unpaired) electrons. The maximum Gasteiger partial charge on any atom is 0.480 e. The molecule has 0 unspecified atom stereocenters. The van der Waals surface area contributed by atoms with Crippen molar-refractivity contribution in [2.24, 2.45) is 5.73 Å². The predicted molar refractivity (Wildman–Crippen MR) is 74.2 cm³/mol. The first-order valence-corrected chi connectivity index (χ1v) is 6.38. The Labute approximate surface area is 114 Å². The van der Waals surface area contributed by atoms with E-state index in [2.05, 4.69) is 6.07 Å². The van der Waals surface area contributed by atoms with E-state index in [1.165, 1.54) is 0 Å². The van der Waals surface area contributed by atoms with Crippen LogP contribution < -0.4 is 5.73 Å². The standard InChI is InChI=1S/C14H19BN2O2/c1-13(2)14(3,4)19-15(18-13)12(17)11-7-5-6-10(8-11)9-16/h5-8,12H,17H2,1-4H3/t12-/m1/s1. The van der Waals surface area contributed by atoms with Crippen molar-refractivity contribution in [1.29, 1.82) is 5.26 Å². The van der Waals surface area contributed by atoms with Gasteiger partial charge in [0.15, 0.2) is 0 Å². The molecule has 100 valence electrons. The molecule has 0 bridgehead atoms. The summed E-state index contributed by atoms with van der Waals surface area (Å²) < 4.78 is 11.8. The molecule has 1 fully saturated rings. The minimum absolute atomic E-state index is 0.401. The molecular weight excluding hydrogens is 239 g/mol. The van der Waals surface area contributed by atoms with E-state index < -0.39 is 24.3 Å². The van der Waals surface area contributed by atoms with Gasteiger partial charge in [0, 0.05) is 0 Å². The fraction of sp³-hybridized carbons (Fsp3) is 0.500. The van der Waals surface area contributed by atoms with E-state index in [1.807, 2.05) is 39.8 Å². The Morgan fingerprint density at radius 3 is 2.32 bits per heavy atom. The van der Waals surface area contributed by atoms with Crippen molar-refractivity contribution < 1.29 is 9.31 Å². The number of hydrogen-bond acceptors (Lipinski definition) is 4. The highest BCUT2D eigenvalue weighted by atomic mass is 16.7. The fourth-order valence-corrected chi connectivity index (χ4v) is 2.01. The van der Waals surface area contributed by atoms with Gasteiger partial charge in [0.1, 0.15) is 0 Å². The smallest absolute Gasteiger partial charge is 0.402 e. The molecule has 1 saturated heterocycles. The molecule has 19 heavy (non-hydrogen) atoms. The molecule has 1 heterocycles. The van der Waals surface area contributed by atoms with Crippen LogP contribution in [0.15, 0.2) is 24.3 Å². The largest absolute Gasteiger partial charge is 0.480 e. The molecule has 0 aromatic heterocycles. The van der Waals surface area contributed by atoms with E-state index in [1.54, 1.807) is 12.1 Å². The molecule has 2 N–H and O–H groups in total. The molecule has 5 heteroatoms. The molecule has 0 saturated carbocycles. The van der Waals surface area contributed by atoms with Crippen LogP contribution in [0.1, 0.15) is 44.8 Å². The van der Waals surface area contributed by atoms with E-state index in [0.717, 1.165) is 5.56 Å². The number of nitrogens with zero attached hydrogens (tertiary/aromatic N) is 1. The third kappa shape index (κ3) is 2.52. The molecule has 1 aromatic rings. The maximum atomic E-state index is 8.92. The van der Waals surface area contributed by atoms with Crippen molar-refractivity contribution in [3.63, 3.8) is 0 Å². The Hall–Kier alpha value is -1.35. The zero-order chi connectivity index (χ0) is 14.3. The lowest BCUT2D eigenvalue weighted by molar-refractivity contribution is 0.00578. The number of nitrogens with two attached hydrogens (primary N) is 1. The number of hydrogen-bond donors (Lipinski definition) is 1. The van der Waals surface area contributed by atoms with Crippen LogP contribution in [-0.2, 0) is 9.31 Å². The van der Waals surface area contributed by atoms with Crippen LogP contribution in [-0.4, -0.2) is 18.3 Å². The van der Waals surface area contributed by atoms with Crippen LogP contribution >= 0.6 is 0 Å². The lowest BCUT2D eigenvalue weighted by Crippen LogP contribution is -2.41. The second-order valence-corrected chi connectivity index (χ2v) is 5.89. The topological polar surface area (TPSA) is 68.3 Å². The van der Waals surface area contributed by atoms with Crippen molar-refractivity contribution in [3.05, 3.63) is 35.4 Å². The predicted octanol–water partition coefficient (Wildman–Crippen LogP) is 2.19. The summed E-state index contributed by atoms with van der Waals surface area (Å²) in [6.07, 6.45) is 0. The number of benzene rings is 1. The van der Waals surface area contributed by atoms with E-state index in [9.17, 15) is 0 Å². The van der Waals surface area contributed by atoms with Gasteiger partial charge in [-0.1, -0.05) is 12.1 Å². The van der Waals surface area contributed by atoms with Crippen LogP contribution in [0.25, 0.3) is 0 Å². The monoisotopic (exact) mass is 258 g/mol. The van der Waals surface area contributed by atoms with Gasteiger partial charge < -0.3 is 15.0 Å². The Morgan fingerprint density at radius 1 is 1.21 bits per heavy atom. The van der Waals surface area contributed by atoms with Crippen molar-refractivity contribution in [3.8, 4) is 6.07 Å². The minimum atomic E-state index is -0.501. The van der Waals surface area contributed by atoms with Gasteiger partial charge in [-0.05, 0) is 45.4 Å². The van der Waals surface area contributed by atoms with Crippen molar-refractivity contribution >= 4 is 7.12 Å². The zero-order valence-electron chi connectivity index (χ0n) is 11.8. The SMILES string of the molecule is CC1(C)OB([C@H](N)c2cccc(C#N)c2)OC1(C)C. The fourth-order valence-electron chi connectivity index (χ4n) is 2.01. The zero-order valence-corrected chi connectivity index (χ0v) is 11.8. The van der Waals surface area contributed by atoms with Gasteiger partial charge >= 0.3 is 7.12 Å². The van der Waals surface area contributed by atoms with E-state index >= 15 is 0 Å². The second kappa shape index (κ2) is 4.64. The Balaban J connectivity index is 2.22. The molecule has 0 amide bonds. The highest BCUT2D eigenvalue weighted by molar-refractivity contribution is 6.47. The number of rotatable bonds is 2. The van der Waals surface area contributed by atoms with Gasteiger partial charge in [-0.25, -0.2) is 0 Å². The minimum Gasteiger partial charge on any atom is -0.402 e. The quantitative estimate of drug-likeness (QED) is 0.825. The van der Waals surface area contributed by atoms with Gasteiger partial charge in [0.05, 0.1) is 28.8 Å². The second-order valence-electron chi connectivity index (χ2n) is 5.89. The van der Waals surface area contributed by atoms with Crippen molar-refractivity contribution in [1.82, 2.24) is 0 Å². The van der Waals surface area contributed by atoms with Crippen LogP contribution in [0.4, 0.5) is 0 Å². The van der Waals surface area contributed by atoms with Gasteiger partial charge in [-0.2, -0.15) is 5.26 Å². The summed E-state index contributed by atoms with van der Waals surface area (Å²) in [5.74, 6) is -0.408. The lowest BCUT2D eigenvalue weighted by Gasteiger charge is -2.32. The first kappa shape index (κ1) is 14.1. The number of nitriles is 1. The summed E-state index contributed by atoms with van der Waals surface area (Å²) in [4.78, 5) is 0. The molecule has 1 aliphatic heterocycles. The molecule has 1 aromatic carbocycles. The first-order valence-electron chi connectivity index (χ1n) is 6.38. The normalized spacial score (nSPS) is 22.0. The molecule has 0 spiro atoms. The lowest BCUT2D eigenvalue weighted by atomic mass is 9.74. The Morgan fingerprint density at radius 2 is 1.79 bits per heavy atom. The van der Waals surface area contributed by atoms with Crippen LogP contribution in [0.5, 0.6) is 0 Å².